The van der Waals surface area contributed by atoms with E-state index in [2.05, 4.69) is 62.2 Å². The number of hydrogen-bond donors (Lipinski definition) is 1. The molecule has 1 saturated heterocycles. The molecule has 0 amide bonds. The standard InChI is InChI=1S/C18H30N2/c1-15(2)17-7-5-16(6-8-17)13-18(3,4)14-20-11-9-19-10-12-20/h5-8,15,19H,9-14H2,1-4H3. The van der Waals surface area contributed by atoms with E-state index in [-0.39, 0.29) is 0 Å². The lowest BCUT2D eigenvalue weighted by molar-refractivity contribution is 0.160. The number of nitrogens with zero attached hydrogens (tertiary/aromatic N) is 1. The Morgan fingerprint density at radius 3 is 2.25 bits per heavy atom. The predicted octanol–water partition coefficient (Wildman–Crippen LogP) is 3.28. The van der Waals surface area contributed by atoms with E-state index in [1.54, 1.807) is 0 Å². The Kier molecular flexibility index (Phi) is 5.22. The highest BCUT2D eigenvalue weighted by Gasteiger charge is 2.23. The monoisotopic (exact) mass is 274 g/mol. The third kappa shape index (κ3) is 4.60. The maximum Gasteiger partial charge on any atom is 0.0108 e. The fourth-order valence-corrected chi connectivity index (χ4v) is 3.10. The van der Waals surface area contributed by atoms with Crippen LogP contribution in [0.1, 0.15) is 44.7 Å². The summed E-state index contributed by atoms with van der Waals surface area (Å²) in [6.07, 6.45) is 1.16. The van der Waals surface area contributed by atoms with Crippen molar-refractivity contribution in [1.29, 1.82) is 0 Å². The first kappa shape index (κ1) is 15.5. The van der Waals surface area contributed by atoms with Gasteiger partial charge in [0.25, 0.3) is 0 Å². The summed E-state index contributed by atoms with van der Waals surface area (Å²) in [5, 5.41) is 3.43. The highest BCUT2D eigenvalue weighted by atomic mass is 15.2. The predicted molar refractivity (Wildman–Crippen MR) is 87.3 cm³/mol. The average Bonchev–Trinajstić information content (AvgIpc) is 2.39. The van der Waals surface area contributed by atoms with E-state index in [0.29, 0.717) is 11.3 Å². The van der Waals surface area contributed by atoms with Gasteiger partial charge >= 0.3 is 0 Å². The highest BCUT2D eigenvalue weighted by molar-refractivity contribution is 5.25. The van der Waals surface area contributed by atoms with Gasteiger partial charge in [-0.3, -0.25) is 0 Å². The van der Waals surface area contributed by atoms with E-state index in [1.165, 1.54) is 30.8 Å². The summed E-state index contributed by atoms with van der Waals surface area (Å²) in [7, 11) is 0. The number of hydrogen-bond acceptors (Lipinski definition) is 2. The molecule has 1 heterocycles. The van der Waals surface area contributed by atoms with Gasteiger partial charge in [0.1, 0.15) is 0 Å². The normalized spacial score (nSPS) is 17.6. The number of rotatable bonds is 5. The minimum Gasteiger partial charge on any atom is -0.314 e. The highest BCUT2D eigenvalue weighted by Crippen LogP contribution is 2.24. The molecule has 1 aromatic carbocycles. The van der Waals surface area contributed by atoms with Gasteiger partial charge in [0.15, 0.2) is 0 Å². The molecule has 0 radical (unpaired) electrons. The van der Waals surface area contributed by atoms with Crippen molar-refractivity contribution in [3.8, 4) is 0 Å². The fourth-order valence-electron chi connectivity index (χ4n) is 3.10. The van der Waals surface area contributed by atoms with Crippen LogP contribution in [0.4, 0.5) is 0 Å². The van der Waals surface area contributed by atoms with Crippen molar-refractivity contribution in [3.63, 3.8) is 0 Å². The molecule has 1 aliphatic rings. The first-order valence-corrected chi connectivity index (χ1v) is 7.98. The molecule has 2 nitrogen and oxygen atoms in total. The van der Waals surface area contributed by atoms with Gasteiger partial charge in [-0.2, -0.15) is 0 Å². The molecule has 2 rings (SSSR count). The van der Waals surface area contributed by atoms with Gasteiger partial charge in [0.2, 0.25) is 0 Å². The van der Waals surface area contributed by atoms with E-state index < -0.39 is 0 Å². The summed E-state index contributed by atoms with van der Waals surface area (Å²) < 4.78 is 0. The van der Waals surface area contributed by atoms with Gasteiger partial charge in [-0.05, 0) is 28.9 Å². The van der Waals surface area contributed by atoms with Crippen LogP contribution >= 0.6 is 0 Å². The second-order valence-corrected chi connectivity index (χ2v) is 7.26. The molecule has 2 heteroatoms. The van der Waals surface area contributed by atoms with E-state index >= 15 is 0 Å². The van der Waals surface area contributed by atoms with E-state index in [1.807, 2.05) is 0 Å². The van der Waals surface area contributed by atoms with Crippen LogP contribution in [0.5, 0.6) is 0 Å². The van der Waals surface area contributed by atoms with Crippen LogP contribution in [-0.4, -0.2) is 37.6 Å². The van der Waals surface area contributed by atoms with Crippen LogP contribution in [-0.2, 0) is 6.42 Å². The van der Waals surface area contributed by atoms with Gasteiger partial charge in [0.05, 0.1) is 0 Å². The summed E-state index contributed by atoms with van der Waals surface area (Å²) >= 11 is 0. The van der Waals surface area contributed by atoms with E-state index in [9.17, 15) is 0 Å². The number of benzene rings is 1. The Balaban J connectivity index is 1.92. The third-order valence-corrected chi connectivity index (χ3v) is 4.19. The lowest BCUT2D eigenvalue weighted by atomic mass is 9.84. The Bertz CT molecular complexity index is 400. The first-order chi connectivity index (χ1) is 9.46. The van der Waals surface area contributed by atoms with Gasteiger partial charge in [-0.25, -0.2) is 0 Å². The molecule has 0 saturated carbocycles. The molecular weight excluding hydrogens is 244 g/mol. The molecular formula is C18H30N2. The SMILES string of the molecule is CC(C)c1ccc(CC(C)(C)CN2CCNCC2)cc1. The second-order valence-electron chi connectivity index (χ2n) is 7.26. The maximum atomic E-state index is 3.43. The van der Waals surface area contributed by atoms with Gasteiger partial charge in [-0.15, -0.1) is 0 Å². The largest absolute Gasteiger partial charge is 0.314 e. The number of piperazine rings is 1. The van der Waals surface area contributed by atoms with Crippen LogP contribution in [0.25, 0.3) is 0 Å². The smallest absolute Gasteiger partial charge is 0.0108 e. The minimum absolute atomic E-state index is 0.344. The molecule has 112 valence electrons. The Morgan fingerprint density at radius 2 is 1.70 bits per heavy atom. The molecule has 20 heavy (non-hydrogen) atoms. The minimum atomic E-state index is 0.344. The summed E-state index contributed by atoms with van der Waals surface area (Å²) in [4.78, 5) is 2.60. The molecule has 0 bridgehead atoms. The van der Waals surface area contributed by atoms with Crippen molar-refractivity contribution < 1.29 is 0 Å². The Morgan fingerprint density at radius 1 is 1.10 bits per heavy atom. The molecule has 0 aliphatic carbocycles. The van der Waals surface area contributed by atoms with Crippen molar-refractivity contribution in [2.75, 3.05) is 32.7 Å². The van der Waals surface area contributed by atoms with E-state index in [0.717, 1.165) is 19.5 Å². The quantitative estimate of drug-likeness (QED) is 0.886. The molecule has 0 unspecified atom stereocenters. The first-order valence-electron chi connectivity index (χ1n) is 7.98. The van der Waals surface area contributed by atoms with Gasteiger partial charge < -0.3 is 10.2 Å². The van der Waals surface area contributed by atoms with Gasteiger partial charge in [-0.1, -0.05) is 52.0 Å². The molecule has 1 fully saturated rings. The summed E-state index contributed by atoms with van der Waals surface area (Å²) in [5.41, 5.74) is 3.25. The van der Waals surface area contributed by atoms with Crippen LogP contribution in [0.15, 0.2) is 24.3 Å². The van der Waals surface area contributed by atoms with Crippen LogP contribution in [0.2, 0.25) is 0 Å². The van der Waals surface area contributed by atoms with E-state index in [4.69, 9.17) is 0 Å². The fraction of sp³-hybridized carbons (Fsp3) is 0.667. The lowest BCUT2D eigenvalue weighted by Crippen LogP contribution is -2.47. The summed E-state index contributed by atoms with van der Waals surface area (Å²) in [6, 6.07) is 9.21. The van der Waals surface area contributed by atoms with Crippen molar-refractivity contribution in [1.82, 2.24) is 10.2 Å². The molecule has 0 spiro atoms. The van der Waals surface area contributed by atoms with Crippen LogP contribution in [0.3, 0.4) is 0 Å². The zero-order chi connectivity index (χ0) is 14.6. The lowest BCUT2D eigenvalue weighted by Gasteiger charge is -2.35. The van der Waals surface area contributed by atoms with Crippen molar-refractivity contribution >= 4 is 0 Å². The molecule has 0 atom stereocenters. The molecule has 0 aromatic heterocycles. The Labute approximate surface area is 124 Å². The van der Waals surface area contributed by atoms with Crippen molar-refractivity contribution in [2.45, 2.75) is 40.0 Å². The number of nitrogens with one attached hydrogen (secondary N) is 1. The topological polar surface area (TPSA) is 15.3 Å². The van der Waals surface area contributed by atoms with Crippen molar-refractivity contribution in [3.05, 3.63) is 35.4 Å². The molecule has 1 aliphatic heterocycles. The zero-order valence-corrected chi connectivity index (χ0v) is 13.6. The van der Waals surface area contributed by atoms with Crippen LogP contribution in [0, 0.1) is 5.41 Å². The van der Waals surface area contributed by atoms with Crippen molar-refractivity contribution in [2.24, 2.45) is 5.41 Å². The maximum absolute atomic E-state index is 3.43. The zero-order valence-electron chi connectivity index (χ0n) is 13.6. The van der Waals surface area contributed by atoms with Gasteiger partial charge in [0, 0.05) is 32.7 Å². The summed E-state index contributed by atoms with van der Waals surface area (Å²) in [6.45, 7) is 15.1. The average molecular weight is 274 g/mol. The van der Waals surface area contributed by atoms with Crippen LogP contribution < -0.4 is 5.32 Å². The second kappa shape index (κ2) is 6.73. The Hall–Kier alpha value is -0.860. The third-order valence-electron chi connectivity index (χ3n) is 4.19. The molecule has 1 N–H and O–H groups in total. The molecule has 1 aromatic rings. The summed E-state index contributed by atoms with van der Waals surface area (Å²) in [5.74, 6) is 0.623.